The van der Waals surface area contributed by atoms with Crippen LogP contribution in [0.2, 0.25) is 5.02 Å². The maximum Gasteiger partial charge on any atom is 0.0642 e. The molecular formula is C15H24ClN3. The molecule has 4 heteroatoms. The van der Waals surface area contributed by atoms with Crippen LogP contribution in [0.25, 0.3) is 0 Å². The molecule has 1 unspecified atom stereocenters. The average molecular weight is 282 g/mol. The molecule has 0 aliphatic carbocycles. The second-order valence-electron chi connectivity index (χ2n) is 5.48. The Balaban J connectivity index is 2.10. The van der Waals surface area contributed by atoms with Crippen molar-refractivity contribution < 1.29 is 0 Å². The summed E-state index contributed by atoms with van der Waals surface area (Å²) in [6.07, 6.45) is 1.00. The highest BCUT2D eigenvalue weighted by Gasteiger charge is 2.17. The summed E-state index contributed by atoms with van der Waals surface area (Å²) in [7, 11) is 2.16. The zero-order chi connectivity index (χ0) is 13.8. The van der Waals surface area contributed by atoms with Crippen LogP contribution in [0.15, 0.2) is 18.2 Å². The molecule has 1 fully saturated rings. The first-order valence-corrected chi connectivity index (χ1v) is 7.42. The first-order chi connectivity index (χ1) is 9.11. The van der Waals surface area contributed by atoms with E-state index in [0.29, 0.717) is 5.92 Å². The van der Waals surface area contributed by atoms with Gasteiger partial charge in [-0.3, -0.25) is 0 Å². The van der Waals surface area contributed by atoms with E-state index in [1.165, 1.54) is 11.3 Å². The smallest absolute Gasteiger partial charge is 0.0642 e. The quantitative estimate of drug-likeness (QED) is 0.921. The predicted molar refractivity (Wildman–Crippen MR) is 83.2 cm³/mol. The van der Waals surface area contributed by atoms with Gasteiger partial charge in [0.1, 0.15) is 0 Å². The van der Waals surface area contributed by atoms with Crippen molar-refractivity contribution in [3.8, 4) is 0 Å². The second kappa shape index (κ2) is 6.60. The summed E-state index contributed by atoms with van der Waals surface area (Å²) in [5.74, 6) is 0.476. The molecule has 0 bridgehead atoms. The molecule has 2 rings (SSSR count). The molecule has 3 nitrogen and oxygen atoms in total. The van der Waals surface area contributed by atoms with E-state index in [0.717, 1.165) is 44.2 Å². The van der Waals surface area contributed by atoms with Gasteiger partial charge in [-0.25, -0.2) is 0 Å². The number of piperazine rings is 1. The molecule has 1 aromatic rings. The van der Waals surface area contributed by atoms with Gasteiger partial charge in [0, 0.05) is 26.2 Å². The summed E-state index contributed by atoms with van der Waals surface area (Å²) in [5.41, 5.74) is 8.07. The van der Waals surface area contributed by atoms with Gasteiger partial charge in [-0.2, -0.15) is 0 Å². The van der Waals surface area contributed by atoms with Crippen molar-refractivity contribution in [3.63, 3.8) is 0 Å². The minimum absolute atomic E-state index is 0.476. The minimum atomic E-state index is 0.476. The highest BCUT2D eigenvalue weighted by Crippen LogP contribution is 2.31. The Bertz CT molecular complexity index is 414. The molecule has 0 saturated carbocycles. The number of likely N-dealkylation sites (N-methyl/N-ethyl adjacent to an activating group) is 1. The van der Waals surface area contributed by atoms with Gasteiger partial charge in [0.15, 0.2) is 0 Å². The molecule has 0 spiro atoms. The van der Waals surface area contributed by atoms with Crippen LogP contribution in [0.5, 0.6) is 0 Å². The molecule has 106 valence electrons. The molecule has 2 N–H and O–H groups in total. The Labute approximate surface area is 121 Å². The number of anilines is 1. The Kier molecular flexibility index (Phi) is 5.08. The first-order valence-electron chi connectivity index (χ1n) is 7.05. The van der Waals surface area contributed by atoms with Crippen LogP contribution >= 0.6 is 11.6 Å². The lowest BCUT2D eigenvalue weighted by molar-refractivity contribution is 0.313. The summed E-state index contributed by atoms with van der Waals surface area (Å²) < 4.78 is 0. The van der Waals surface area contributed by atoms with Crippen molar-refractivity contribution in [2.45, 2.75) is 19.3 Å². The van der Waals surface area contributed by atoms with Crippen LogP contribution in [-0.2, 0) is 0 Å². The van der Waals surface area contributed by atoms with E-state index in [9.17, 15) is 0 Å². The zero-order valence-corrected chi connectivity index (χ0v) is 12.7. The Morgan fingerprint density at radius 1 is 1.26 bits per heavy atom. The van der Waals surface area contributed by atoms with E-state index in [1.807, 2.05) is 0 Å². The van der Waals surface area contributed by atoms with Crippen molar-refractivity contribution in [1.82, 2.24) is 4.90 Å². The molecule has 0 aromatic heterocycles. The number of rotatable bonds is 4. The highest BCUT2D eigenvalue weighted by molar-refractivity contribution is 6.33. The highest BCUT2D eigenvalue weighted by atomic mass is 35.5. The lowest BCUT2D eigenvalue weighted by atomic mass is 9.97. The van der Waals surface area contributed by atoms with Gasteiger partial charge >= 0.3 is 0 Å². The monoisotopic (exact) mass is 281 g/mol. The molecule has 19 heavy (non-hydrogen) atoms. The number of nitrogens with two attached hydrogens (primary N) is 1. The normalized spacial score (nSPS) is 18.6. The SMILES string of the molecule is CC(CCN)c1ccc(N2CCN(C)CC2)c(Cl)c1. The first kappa shape index (κ1) is 14.6. The van der Waals surface area contributed by atoms with Crippen LogP contribution in [0.3, 0.4) is 0 Å². The van der Waals surface area contributed by atoms with E-state index >= 15 is 0 Å². The van der Waals surface area contributed by atoms with Crippen LogP contribution in [0.1, 0.15) is 24.8 Å². The number of nitrogens with zero attached hydrogens (tertiary/aromatic N) is 2. The van der Waals surface area contributed by atoms with Gasteiger partial charge in [-0.05, 0) is 43.6 Å². The van der Waals surface area contributed by atoms with Crippen LogP contribution in [-0.4, -0.2) is 44.7 Å². The molecule has 1 aliphatic rings. The number of hydrogen-bond acceptors (Lipinski definition) is 3. The van der Waals surface area contributed by atoms with Gasteiger partial charge in [-0.1, -0.05) is 24.6 Å². The molecule has 1 heterocycles. The van der Waals surface area contributed by atoms with Crippen LogP contribution in [0, 0.1) is 0 Å². The molecule has 1 saturated heterocycles. The molecule has 1 aliphatic heterocycles. The van der Waals surface area contributed by atoms with E-state index < -0.39 is 0 Å². The minimum Gasteiger partial charge on any atom is -0.368 e. The Morgan fingerprint density at radius 3 is 2.53 bits per heavy atom. The lowest BCUT2D eigenvalue weighted by Gasteiger charge is -2.34. The molecule has 0 radical (unpaired) electrons. The Morgan fingerprint density at radius 2 is 1.95 bits per heavy atom. The third kappa shape index (κ3) is 3.62. The maximum atomic E-state index is 6.46. The lowest BCUT2D eigenvalue weighted by Crippen LogP contribution is -2.44. The van der Waals surface area contributed by atoms with Crippen LogP contribution < -0.4 is 10.6 Å². The number of halogens is 1. The third-order valence-electron chi connectivity index (χ3n) is 3.98. The average Bonchev–Trinajstić information content (AvgIpc) is 2.40. The number of hydrogen-bond donors (Lipinski definition) is 1. The summed E-state index contributed by atoms with van der Waals surface area (Å²) in [6, 6.07) is 6.46. The van der Waals surface area contributed by atoms with Crippen molar-refractivity contribution in [2.24, 2.45) is 5.73 Å². The van der Waals surface area contributed by atoms with Crippen LogP contribution in [0.4, 0.5) is 5.69 Å². The van der Waals surface area contributed by atoms with Gasteiger partial charge in [0.05, 0.1) is 10.7 Å². The number of benzene rings is 1. The topological polar surface area (TPSA) is 32.5 Å². The van der Waals surface area contributed by atoms with E-state index in [-0.39, 0.29) is 0 Å². The van der Waals surface area contributed by atoms with Gasteiger partial charge in [-0.15, -0.1) is 0 Å². The largest absolute Gasteiger partial charge is 0.368 e. The van der Waals surface area contributed by atoms with Crippen molar-refractivity contribution >= 4 is 17.3 Å². The van der Waals surface area contributed by atoms with Crippen molar-refractivity contribution in [3.05, 3.63) is 28.8 Å². The van der Waals surface area contributed by atoms with E-state index in [4.69, 9.17) is 17.3 Å². The maximum absolute atomic E-state index is 6.46. The van der Waals surface area contributed by atoms with E-state index in [1.54, 1.807) is 0 Å². The second-order valence-corrected chi connectivity index (χ2v) is 5.89. The third-order valence-corrected chi connectivity index (χ3v) is 4.29. The van der Waals surface area contributed by atoms with Gasteiger partial charge in [0.2, 0.25) is 0 Å². The van der Waals surface area contributed by atoms with Gasteiger partial charge in [0.25, 0.3) is 0 Å². The fourth-order valence-corrected chi connectivity index (χ4v) is 2.86. The fourth-order valence-electron chi connectivity index (χ4n) is 2.55. The molecule has 0 amide bonds. The summed E-state index contributed by atoms with van der Waals surface area (Å²) in [4.78, 5) is 4.72. The van der Waals surface area contributed by atoms with E-state index in [2.05, 4.69) is 42.0 Å². The Hall–Kier alpha value is -0.770. The van der Waals surface area contributed by atoms with Crippen molar-refractivity contribution in [1.29, 1.82) is 0 Å². The fraction of sp³-hybridized carbons (Fsp3) is 0.600. The predicted octanol–water partition coefficient (Wildman–Crippen LogP) is 2.54. The summed E-state index contributed by atoms with van der Waals surface area (Å²) >= 11 is 6.46. The summed E-state index contributed by atoms with van der Waals surface area (Å²) in [6.45, 7) is 7.22. The zero-order valence-electron chi connectivity index (χ0n) is 11.9. The standard InChI is InChI=1S/C15H24ClN3/c1-12(5-6-17)13-3-4-15(14(16)11-13)19-9-7-18(2)8-10-19/h3-4,11-12H,5-10,17H2,1-2H3. The molecule has 1 aromatic carbocycles. The van der Waals surface area contributed by atoms with Crippen molar-refractivity contribution in [2.75, 3.05) is 44.7 Å². The summed E-state index contributed by atoms with van der Waals surface area (Å²) in [5, 5.41) is 0.867. The molecular weight excluding hydrogens is 258 g/mol. The van der Waals surface area contributed by atoms with Gasteiger partial charge < -0.3 is 15.5 Å². The molecule has 1 atom stereocenters.